The summed E-state index contributed by atoms with van der Waals surface area (Å²) in [7, 11) is 1.47. The van der Waals surface area contributed by atoms with E-state index in [-0.39, 0.29) is 19.3 Å². The van der Waals surface area contributed by atoms with Gasteiger partial charge in [-0.15, -0.1) is 0 Å². The number of carbonyl (C=O) groups excluding carboxylic acids is 1. The highest BCUT2D eigenvalue weighted by molar-refractivity contribution is 8.01. The van der Waals surface area contributed by atoms with E-state index in [0.717, 1.165) is 23.1 Å². The quantitative estimate of drug-likeness (QED) is 0.422. The van der Waals surface area contributed by atoms with Gasteiger partial charge < -0.3 is 20.2 Å². The second-order valence-electron chi connectivity index (χ2n) is 4.96. The van der Waals surface area contributed by atoms with Crippen molar-refractivity contribution in [1.82, 2.24) is 15.0 Å². The molecular weight excluding hydrogens is 449 g/mol. The summed E-state index contributed by atoms with van der Waals surface area (Å²) in [5.41, 5.74) is 0.387. The molecule has 0 unspecified atom stereocenters. The molecule has 9 nitrogen and oxygen atoms in total. The Morgan fingerprint density at radius 2 is 2.00 bits per heavy atom. The maximum absolute atomic E-state index is 12.4. The Hall–Kier alpha value is -2.47. The number of nitrogens with zero attached hydrogens (tertiary/aromatic N) is 4. The van der Waals surface area contributed by atoms with Crippen LogP contribution in [0.15, 0.2) is 39.8 Å². The van der Waals surface area contributed by atoms with Crippen molar-refractivity contribution >= 4 is 63.7 Å². The molecule has 0 aliphatic rings. The summed E-state index contributed by atoms with van der Waals surface area (Å²) < 4.78 is 5.11. The molecule has 3 heterocycles. The Labute approximate surface area is 176 Å². The Bertz CT molecular complexity index is 1030. The summed E-state index contributed by atoms with van der Waals surface area (Å²) in [5.74, 6) is -0.691. The molecule has 0 bridgehead atoms. The second-order valence-corrected chi connectivity index (χ2v) is 8.06. The Morgan fingerprint density at radius 3 is 2.57 bits per heavy atom. The van der Waals surface area contributed by atoms with Crippen LogP contribution in [-0.4, -0.2) is 32.9 Å². The maximum atomic E-state index is 12.4. The van der Waals surface area contributed by atoms with E-state index in [2.05, 4.69) is 20.3 Å². The van der Waals surface area contributed by atoms with Gasteiger partial charge in [0.05, 0.1) is 33.9 Å². The molecule has 0 aromatic carbocycles. The normalized spacial score (nSPS) is 10.5. The van der Waals surface area contributed by atoms with Crippen molar-refractivity contribution in [2.24, 2.45) is 0 Å². The van der Waals surface area contributed by atoms with Crippen LogP contribution in [0.1, 0.15) is 9.80 Å². The number of hydrogen-bond donors (Lipinski definition) is 1. The van der Waals surface area contributed by atoms with Crippen molar-refractivity contribution < 1.29 is 14.5 Å². The van der Waals surface area contributed by atoms with Gasteiger partial charge in [-0.2, -0.15) is 0 Å². The van der Waals surface area contributed by atoms with E-state index >= 15 is 0 Å². The molecule has 3 aromatic rings. The van der Waals surface area contributed by atoms with Gasteiger partial charge >= 0.3 is 11.7 Å². The van der Waals surface area contributed by atoms with E-state index in [0.29, 0.717) is 16.5 Å². The van der Waals surface area contributed by atoms with Gasteiger partial charge in [-0.3, -0.25) is 9.78 Å². The lowest BCUT2D eigenvalue weighted by Gasteiger charge is -2.03. The lowest BCUT2D eigenvalue weighted by Crippen LogP contribution is -2.11. The van der Waals surface area contributed by atoms with Crippen molar-refractivity contribution in [2.45, 2.75) is 9.10 Å². The van der Waals surface area contributed by atoms with E-state index in [9.17, 15) is 14.9 Å². The summed E-state index contributed by atoms with van der Waals surface area (Å²) in [4.78, 5) is 35.1. The van der Waals surface area contributed by atoms with Crippen molar-refractivity contribution in [3.63, 3.8) is 0 Å². The first kappa shape index (κ1) is 20.3. The number of amides is 1. The highest BCUT2D eigenvalue weighted by atomic mass is 35.5. The number of ether oxygens (including phenoxy) is 1. The van der Waals surface area contributed by atoms with Gasteiger partial charge in [-0.1, -0.05) is 46.3 Å². The number of nitrogens with one attached hydrogen (secondary N) is 1. The van der Waals surface area contributed by atoms with Gasteiger partial charge in [0, 0.05) is 18.5 Å². The predicted octanol–water partition coefficient (Wildman–Crippen LogP) is 4.56. The minimum absolute atomic E-state index is 0.0914. The lowest BCUT2D eigenvalue weighted by molar-refractivity contribution is -0.391. The Morgan fingerprint density at radius 1 is 1.29 bits per heavy atom. The number of anilines is 1. The smallest absolute Gasteiger partial charge is 0.389 e. The van der Waals surface area contributed by atoms with Crippen LogP contribution < -0.4 is 10.1 Å². The highest BCUT2D eigenvalue weighted by Crippen LogP contribution is 2.44. The Balaban J connectivity index is 1.87. The fourth-order valence-electron chi connectivity index (χ4n) is 1.93. The lowest BCUT2D eigenvalue weighted by atomic mass is 10.4. The van der Waals surface area contributed by atoms with E-state index in [1.807, 2.05) is 0 Å². The number of pyridine rings is 2. The Kier molecular flexibility index (Phi) is 6.29. The third kappa shape index (κ3) is 4.50. The number of carbonyl (C=O) groups is 1. The molecule has 1 amide bonds. The first-order valence-electron chi connectivity index (χ1n) is 7.32. The van der Waals surface area contributed by atoms with Crippen LogP contribution in [0.5, 0.6) is 5.88 Å². The molecule has 0 fully saturated rings. The molecule has 28 heavy (non-hydrogen) atoms. The summed E-state index contributed by atoms with van der Waals surface area (Å²) in [6, 6.07) is 3.15. The molecule has 0 atom stereocenters. The zero-order valence-electron chi connectivity index (χ0n) is 13.9. The van der Waals surface area contributed by atoms with Crippen LogP contribution in [0, 0.1) is 10.1 Å². The minimum Gasteiger partial charge on any atom is -0.481 e. The molecule has 0 aliphatic heterocycles. The van der Waals surface area contributed by atoms with Gasteiger partial charge in [0.2, 0.25) is 5.88 Å². The van der Waals surface area contributed by atoms with Crippen LogP contribution in [0.2, 0.25) is 10.0 Å². The fraction of sp³-hybridized carbons (Fsp3) is 0.0667. The molecule has 0 saturated heterocycles. The highest BCUT2D eigenvalue weighted by Gasteiger charge is 2.29. The number of aromatic nitrogens is 3. The zero-order valence-corrected chi connectivity index (χ0v) is 17.0. The molecule has 144 valence electrons. The minimum atomic E-state index is -0.673. The number of rotatable bonds is 6. The molecule has 3 aromatic heterocycles. The van der Waals surface area contributed by atoms with E-state index in [1.54, 1.807) is 12.1 Å². The number of methoxy groups -OCH3 is 1. The molecule has 0 aliphatic carbocycles. The van der Waals surface area contributed by atoms with Gasteiger partial charge in [-0.25, -0.2) is 4.98 Å². The second kappa shape index (κ2) is 8.69. The number of thiazole rings is 1. The van der Waals surface area contributed by atoms with Crippen molar-refractivity contribution in [1.29, 1.82) is 0 Å². The predicted molar refractivity (Wildman–Crippen MR) is 106 cm³/mol. The van der Waals surface area contributed by atoms with Crippen LogP contribution in [0.4, 0.5) is 11.5 Å². The van der Waals surface area contributed by atoms with Crippen LogP contribution in [0.3, 0.4) is 0 Å². The first-order chi connectivity index (χ1) is 13.4. The standard InChI is InChI=1S/C15H9Cl2N5O4S2/c1-26-10-3-2-7(4-19-10)20-13(23)14-21-12(22(24)25)15(28-14)27-11-8(16)5-18-6-9(11)17/h2-6H,1H3,(H,20,23). The van der Waals surface area contributed by atoms with Gasteiger partial charge in [0.15, 0.2) is 4.21 Å². The molecule has 1 N–H and O–H groups in total. The van der Waals surface area contributed by atoms with E-state index < -0.39 is 16.6 Å². The fourth-order valence-corrected chi connectivity index (χ4v) is 4.54. The van der Waals surface area contributed by atoms with E-state index in [4.69, 9.17) is 27.9 Å². The van der Waals surface area contributed by atoms with Gasteiger partial charge in [0.1, 0.15) is 0 Å². The topological polar surface area (TPSA) is 120 Å². The van der Waals surface area contributed by atoms with Gasteiger partial charge in [-0.05, 0) is 16.0 Å². The third-order valence-corrected chi connectivity index (χ3v) is 6.30. The molecule has 0 radical (unpaired) electrons. The van der Waals surface area contributed by atoms with Crippen molar-refractivity contribution in [2.75, 3.05) is 12.4 Å². The summed E-state index contributed by atoms with van der Waals surface area (Å²) >= 11 is 13.9. The molecule has 3 rings (SSSR count). The van der Waals surface area contributed by atoms with Crippen LogP contribution in [0.25, 0.3) is 0 Å². The van der Waals surface area contributed by atoms with E-state index in [1.165, 1.54) is 25.7 Å². The molecule has 0 saturated carbocycles. The van der Waals surface area contributed by atoms with Gasteiger partial charge in [0.25, 0.3) is 5.01 Å². The largest absolute Gasteiger partial charge is 0.481 e. The van der Waals surface area contributed by atoms with Crippen molar-refractivity contribution in [3.05, 3.63) is 55.9 Å². The van der Waals surface area contributed by atoms with Crippen LogP contribution >= 0.6 is 46.3 Å². The van der Waals surface area contributed by atoms with Crippen molar-refractivity contribution in [3.8, 4) is 5.88 Å². The number of hydrogen-bond acceptors (Lipinski definition) is 9. The average Bonchev–Trinajstić information content (AvgIpc) is 3.10. The number of nitro groups is 1. The monoisotopic (exact) mass is 457 g/mol. The first-order valence-corrected chi connectivity index (χ1v) is 9.71. The molecule has 13 heteroatoms. The van der Waals surface area contributed by atoms with Crippen LogP contribution in [-0.2, 0) is 0 Å². The summed E-state index contributed by atoms with van der Waals surface area (Å²) in [6.07, 6.45) is 4.13. The number of halogens is 2. The maximum Gasteiger partial charge on any atom is 0.389 e. The SMILES string of the molecule is COc1ccc(NC(=O)c2nc([N+](=O)[O-])c(Sc3c(Cl)cncc3Cl)s2)cn1. The molecular formula is C15H9Cl2N5O4S2. The zero-order chi connectivity index (χ0) is 20.3. The third-order valence-electron chi connectivity index (χ3n) is 3.15. The molecule has 0 spiro atoms. The summed E-state index contributed by atoms with van der Waals surface area (Å²) in [5, 5.41) is 14.3. The summed E-state index contributed by atoms with van der Waals surface area (Å²) in [6.45, 7) is 0. The average molecular weight is 458 g/mol.